The quantitative estimate of drug-likeness (QED) is 0.631. The maximum absolute atomic E-state index is 11.7. The summed E-state index contributed by atoms with van der Waals surface area (Å²) in [6, 6.07) is 2.96. The Hall–Kier alpha value is -1.43. The summed E-state index contributed by atoms with van der Waals surface area (Å²) < 4.78 is 10.9. The van der Waals surface area contributed by atoms with Crippen molar-refractivity contribution in [1.29, 1.82) is 0 Å². The maximum atomic E-state index is 11.7. The van der Waals surface area contributed by atoms with Crippen molar-refractivity contribution in [3.63, 3.8) is 0 Å². The molecule has 5 nitrogen and oxygen atoms in total. The summed E-state index contributed by atoms with van der Waals surface area (Å²) in [5.74, 6) is -0.387. The Balaban J connectivity index is 2.22. The molecule has 0 bridgehead atoms. The van der Waals surface area contributed by atoms with Crippen LogP contribution < -0.4 is 0 Å². The number of aromatic nitrogens is 1. The third-order valence-corrected chi connectivity index (χ3v) is 3.00. The van der Waals surface area contributed by atoms with Crippen molar-refractivity contribution in [2.75, 3.05) is 6.61 Å². The van der Waals surface area contributed by atoms with E-state index in [2.05, 4.69) is 25.9 Å². The van der Waals surface area contributed by atoms with Crippen LogP contribution in [0.4, 0.5) is 0 Å². The van der Waals surface area contributed by atoms with Gasteiger partial charge in [0.1, 0.15) is 4.60 Å². The van der Waals surface area contributed by atoms with E-state index in [1.54, 1.807) is 19.2 Å². The van der Waals surface area contributed by atoms with Crippen molar-refractivity contribution in [3.05, 3.63) is 28.5 Å². The zero-order chi connectivity index (χ0) is 12.3. The highest BCUT2D eigenvalue weighted by molar-refractivity contribution is 9.10. The van der Waals surface area contributed by atoms with E-state index in [0.717, 1.165) is 5.56 Å². The molecular formula is C11H11BrN2O3. The minimum atomic E-state index is -0.657. The Morgan fingerprint density at radius 1 is 1.65 bits per heavy atom. The van der Waals surface area contributed by atoms with Crippen molar-refractivity contribution in [2.24, 2.45) is 4.99 Å². The molecular weight excluding hydrogens is 288 g/mol. The fourth-order valence-electron chi connectivity index (χ4n) is 1.59. The van der Waals surface area contributed by atoms with E-state index in [1.807, 2.05) is 6.07 Å². The molecule has 0 saturated heterocycles. The predicted octanol–water partition coefficient (Wildman–Crippen LogP) is 1.88. The number of halogens is 1. The Morgan fingerprint density at radius 3 is 3.18 bits per heavy atom. The lowest BCUT2D eigenvalue weighted by Crippen LogP contribution is -2.26. The monoisotopic (exact) mass is 298 g/mol. The van der Waals surface area contributed by atoms with Crippen molar-refractivity contribution in [2.45, 2.75) is 19.1 Å². The van der Waals surface area contributed by atoms with Crippen LogP contribution in [0.25, 0.3) is 0 Å². The first kappa shape index (κ1) is 12.0. The molecule has 1 aromatic heterocycles. The molecule has 0 aliphatic carbocycles. The summed E-state index contributed by atoms with van der Waals surface area (Å²) in [5.41, 5.74) is 0.781. The van der Waals surface area contributed by atoms with Crippen molar-refractivity contribution in [1.82, 2.24) is 4.98 Å². The summed E-state index contributed by atoms with van der Waals surface area (Å²) in [7, 11) is 0. The molecule has 0 saturated carbocycles. The lowest BCUT2D eigenvalue weighted by atomic mass is 10.1. The van der Waals surface area contributed by atoms with Gasteiger partial charge in [0, 0.05) is 11.8 Å². The third kappa shape index (κ3) is 2.46. The fraction of sp³-hybridized carbons (Fsp3) is 0.364. The largest absolute Gasteiger partial charge is 0.473 e. The number of hydrogen-bond donors (Lipinski definition) is 0. The molecule has 1 aliphatic rings. The molecule has 17 heavy (non-hydrogen) atoms. The molecule has 2 atom stereocenters. The Morgan fingerprint density at radius 2 is 2.47 bits per heavy atom. The second kappa shape index (κ2) is 5.27. The average Bonchev–Trinajstić information content (AvgIpc) is 2.79. The molecule has 0 N–H and O–H groups in total. The number of carbonyl (C=O) groups excluding carboxylic acids is 1. The van der Waals surface area contributed by atoms with Gasteiger partial charge in [0.2, 0.25) is 0 Å². The molecule has 2 rings (SSSR count). The van der Waals surface area contributed by atoms with Crippen LogP contribution in [0.3, 0.4) is 0 Å². The van der Waals surface area contributed by atoms with E-state index < -0.39 is 12.1 Å². The van der Waals surface area contributed by atoms with Gasteiger partial charge in [0.15, 0.2) is 18.5 Å². The summed E-state index contributed by atoms with van der Waals surface area (Å²) >= 11 is 3.32. The molecule has 0 aromatic carbocycles. The molecule has 2 unspecified atom stereocenters. The number of hydrogen-bond acceptors (Lipinski definition) is 5. The Labute approximate surface area is 107 Å². The fourth-order valence-corrected chi connectivity index (χ4v) is 2.06. The highest BCUT2D eigenvalue weighted by Gasteiger charge is 2.36. The minimum Gasteiger partial charge on any atom is -0.473 e. The SMILES string of the molecule is CCOC(=O)C1N=COC1c1cccnc1Br. The van der Waals surface area contributed by atoms with Crippen molar-refractivity contribution >= 4 is 28.3 Å². The standard InChI is InChI=1S/C11H11BrN2O3/c1-2-16-11(15)8-9(17-6-14-8)7-4-3-5-13-10(7)12/h3-6,8-9H,2H2,1H3. The molecule has 2 heterocycles. The second-order valence-corrected chi connectivity index (χ2v) is 4.14. The van der Waals surface area contributed by atoms with Gasteiger partial charge in [-0.1, -0.05) is 6.07 Å². The van der Waals surface area contributed by atoms with Crippen LogP contribution in [0.2, 0.25) is 0 Å². The van der Waals surface area contributed by atoms with Gasteiger partial charge in [-0.3, -0.25) is 0 Å². The van der Waals surface area contributed by atoms with E-state index >= 15 is 0 Å². The third-order valence-electron chi connectivity index (χ3n) is 2.34. The molecule has 1 aromatic rings. The second-order valence-electron chi connectivity index (χ2n) is 3.39. The first-order valence-corrected chi connectivity index (χ1v) is 5.97. The van der Waals surface area contributed by atoms with Gasteiger partial charge in [-0.25, -0.2) is 14.8 Å². The number of ether oxygens (including phenoxy) is 2. The number of carbonyl (C=O) groups is 1. The van der Waals surface area contributed by atoms with Crippen LogP contribution >= 0.6 is 15.9 Å². The highest BCUT2D eigenvalue weighted by Crippen LogP contribution is 2.31. The van der Waals surface area contributed by atoms with Crippen LogP contribution in [0.1, 0.15) is 18.6 Å². The van der Waals surface area contributed by atoms with Crippen molar-refractivity contribution in [3.8, 4) is 0 Å². The lowest BCUT2D eigenvalue weighted by Gasteiger charge is -2.16. The van der Waals surface area contributed by atoms with E-state index in [0.29, 0.717) is 11.2 Å². The van der Waals surface area contributed by atoms with Crippen LogP contribution in [0.15, 0.2) is 27.9 Å². The van der Waals surface area contributed by atoms with Gasteiger partial charge in [0.25, 0.3) is 0 Å². The van der Waals surface area contributed by atoms with Gasteiger partial charge in [-0.2, -0.15) is 0 Å². The van der Waals surface area contributed by atoms with Gasteiger partial charge >= 0.3 is 5.97 Å². The number of nitrogens with zero attached hydrogens (tertiary/aromatic N) is 2. The number of pyridine rings is 1. The molecule has 0 spiro atoms. The zero-order valence-corrected chi connectivity index (χ0v) is 10.8. The average molecular weight is 299 g/mol. The van der Waals surface area contributed by atoms with E-state index in [4.69, 9.17) is 9.47 Å². The molecule has 0 fully saturated rings. The van der Waals surface area contributed by atoms with Crippen molar-refractivity contribution < 1.29 is 14.3 Å². The van der Waals surface area contributed by atoms with Gasteiger partial charge in [-0.15, -0.1) is 0 Å². The number of rotatable bonds is 3. The normalized spacial score (nSPS) is 22.2. The molecule has 90 valence electrons. The summed E-state index contributed by atoms with van der Waals surface area (Å²) in [6.07, 6.45) is 2.46. The van der Waals surface area contributed by atoms with Crippen LogP contribution in [-0.4, -0.2) is 30.0 Å². The van der Waals surface area contributed by atoms with Crippen LogP contribution in [0.5, 0.6) is 0 Å². The smallest absolute Gasteiger partial charge is 0.335 e. The van der Waals surface area contributed by atoms with E-state index in [1.165, 1.54) is 6.40 Å². The van der Waals surface area contributed by atoms with Crippen LogP contribution in [0, 0.1) is 0 Å². The lowest BCUT2D eigenvalue weighted by molar-refractivity contribution is -0.146. The number of aliphatic imine (C=N–C) groups is 1. The van der Waals surface area contributed by atoms with E-state index in [-0.39, 0.29) is 5.97 Å². The maximum Gasteiger partial charge on any atom is 0.335 e. The minimum absolute atomic E-state index is 0.325. The summed E-state index contributed by atoms with van der Waals surface area (Å²) in [4.78, 5) is 19.8. The van der Waals surface area contributed by atoms with Gasteiger partial charge < -0.3 is 9.47 Å². The Bertz CT molecular complexity index is 450. The molecule has 0 amide bonds. The van der Waals surface area contributed by atoms with Gasteiger partial charge in [-0.05, 0) is 28.9 Å². The van der Waals surface area contributed by atoms with Crippen LogP contribution in [-0.2, 0) is 14.3 Å². The first-order valence-electron chi connectivity index (χ1n) is 5.18. The molecule has 1 aliphatic heterocycles. The van der Waals surface area contributed by atoms with E-state index in [9.17, 15) is 4.79 Å². The molecule has 0 radical (unpaired) electrons. The predicted molar refractivity (Wildman–Crippen MR) is 64.7 cm³/mol. The Kier molecular flexibility index (Phi) is 3.73. The first-order chi connectivity index (χ1) is 8.24. The van der Waals surface area contributed by atoms with Gasteiger partial charge in [0.05, 0.1) is 6.61 Å². The topological polar surface area (TPSA) is 60.8 Å². The number of esters is 1. The zero-order valence-electron chi connectivity index (χ0n) is 9.17. The summed E-state index contributed by atoms with van der Waals surface area (Å²) in [5, 5.41) is 0. The molecule has 6 heteroatoms. The summed E-state index contributed by atoms with van der Waals surface area (Å²) in [6.45, 7) is 2.08. The highest BCUT2D eigenvalue weighted by atomic mass is 79.9.